The molecule has 0 fully saturated rings. The zero-order valence-electron chi connectivity index (χ0n) is 48.6. The molecular weight excluding hydrogens is 913 g/mol. The summed E-state index contributed by atoms with van der Waals surface area (Å²) in [6.07, 6.45) is 82.6. The van der Waals surface area contributed by atoms with Gasteiger partial charge in [0, 0.05) is 19.3 Å². The van der Waals surface area contributed by atoms with Gasteiger partial charge >= 0.3 is 17.9 Å². The van der Waals surface area contributed by atoms with E-state index in [1.54, 1.807) is 0 Å². The predicted octanol–water partition coefficient (Wildman–Crippen LogP) is 21.3. The number of allylic oxidation sites excluding steroid dienone is 16. The van der Waals surface area contributed by atoms with Crippen molar-refractivity contribution in [2.24, 2.45) is 0 Å². The van der Waals surface area contributed by atoms with Gasteiger partial charge in [0.05, 0.1) is 0 Å². The highest BCUT2D eigenvalue weighted by atomic mass is 16.6. The Hall–Kier alpha value is -3.67. The van der Waals surface area contributed by atoms with Crippen molar-refractivity contribution in [2.75, 3.05) is 13.2 Å². The normalized spacial score (nSPS) is 12.7. The van der Waals surface area contributed by atoms with Crippen LogP contribution in [0.3, 0.4) is 0 Å². The third kappa shape index (κ3) is 59.2. The zero-order chi connectivity index (χ0) is 53.6. The lowest BCUT2D eigenvalue weighted by Gasteiger charge is -2.18. The van der Waals surface area contributed by atoms with Gasteiger partial charge in [-0.05, 0) is 122 Å². The van der Waals surface area contributed by atoms with Crippen LogP contribution in [0.15, 0.2) is 97.2 Å². The maximum Gasteiger partial charge on any atom is 0.306 e. The molecule has 0 aromatic rings. The summed E-state index contributed by atoms with van der Waals surface area (Å²) in [5.74, 6) is -0.904. The van der Waals surface area contributed by atoms with Crippen molar-refractivity contribution < 1.29 is 28.6 Å². The Morgan fingerprint density at radius 3 is 0.851 bits per heavy atom. The van der Waals surface area contributed by atoms with Gasteiger partial charge in [0.25, 0.3) is 0 Å². The van der Waals surface area contributed by atoms with E-state index in [-0.39, 0.29) is 31.1 Å². The van der Waals surface area contributed by atoms with Crippen LogP contribution < -0.4 is 0 Å². The first kappa shape index (κ1) is 70.3. The fourth-order valence-electron chi connectivity index (χ4n) is 8.61. The number of ether oxygens (including phenoxy) is 3. The van der Waals surface area contributed by atoms with E-state index in [2.05, 4.69) is 118 Å². The van der Waals surface area contributed by atoms with E-state index in [4.69, 9.17) is 14.2 Å². The van der Waals surface area contributed by atoms with Gasteiger partial charge < -0.3 is 14.2 Å². The fraction of sp³-hybridized carbons (Fsp3) is 0.721. The molecular formula is C68H116O6. The minimum Gasteiger partial charge on any atom is -0.462 e. The van der Waals surface area contributed by atoms with Crippen LogP contribution in [0, 0.1) is 0 Å². The summed E-state index contributed by atoms with van der Waals surface area (Å²) in [5.41, 5.74) is 0. The second-order valence-electron chi connectivity index (χ2n) is 20.6. The van der Waals surface area contributed by atoms with Gasteiger partial charge in [-0.25, -0.2) is 0 Å². The predicted molar refractivity (Wildman–Crippen MR) is 320 cm³/mol. The molecule has 0 saturated carbocycles. The third-order valence-corrected chi connectivity index (χ3v) is 13.3. The lowest BCUT2D eigenvalue weighted by Crippen LogP contribution is -2.30. The van der Waals surface area contributed by atoms with Crippen LogP contribution in [0.2, 0.25) is 0 Å². The van der Waals surface area contributed by atoms with E-state index in [9.17, 15) is 14.4 Å². The Morgan fingerprint density at radius 1 is 0.284 bits per heavy atom. The van der Waals surface area contributed by atoms with Crippen LogP contribution in [0.4, 0.5) is 0 Å². The Morgan fingerprint density at radius 2 is 0.527 bits per heavy atom. The second-order valence-corrected chi connectivity index (χ2v) is 20.6. The molecule has 0 aliphatic carbocycles. The molecule has 6 heteroatoms. The number of carbonyl (C=O) groups excluding carboxylic acids is 3. The minimum absolute atomic E-state index is 0.0868. The van der Waals surface area contributed by atoms with Gasteiger partial charge in [-0.15, -0.1) is 0 Å². The monoisotopic (exact) mass is 1030 g/mol. The van der Waals surface area contributed by atoms with Crippen molar-refractivity contribution in [2.45, 2.75) is 303 Å². The van der Waals surface area contributed by atoms with Gasteiger partial charge in [0.15, 0.2) is 6.10 Å². The lowest BCUT2D eigenvalue weighted by molar-refractivity contribution is -0.167. The lowest BCUT2D eigenvalue weighted by atomic mass is 10.1. The molecule has 1 atom stereocenters. The van der Waals surface area contributed by atoms with E-state index in [0.29, 0.717) is 19.3 Å². The zero-order valence-corrected chi connectivity index (χ0v) is 48.6. The molecule has 0 aliphatic heterocycles. The van der Waals surface area contributed by atoms with Crippen LogP contribution in [0.1, 0.15) is 297 Å². The summed E-state index contributed by atoms with van der Waals surface area (Å²) < 4.78 is 16.9. The Labute approximate surface area is 457 Å². The molecule has 0 bridgehead atoms. The summed E-state index contributed by atoms with van der Waals surface area (Å²) in [6, 6.07) is 0. The highest BCUT2D eigenvalue weighted by Gasteiger charge is 2.19. The summed E-state index contributed by atoms with van der Waals surface area (Å²) in [4.78, 5) is 38.2. The van der Waals surface area contributed by atoms with Crippen LogP contribution in [0.5, 0.6) is 0 Å². The minimum atomic E-state index is -0.790. The van der Waals surface area contributed by atoms with Crippen molar-refractivity contribution in [3.8, 4) is 0 Å². The molecule has 0 rings (SSSR count). The molecule has 0 aromatic heterocycles. The van der Waals surface area contributed by atoms with E-state index < -0.39 is 6.10 Å². The van der Waals surface area contributed by atoms with E-state index in [0.717, 1.165) is 122 Å². The first-order valence-corrected chi connectivity index (χ1v) is 31.2. The molecule has 0 saturated heterocycles. The number of unbranched alkanes of at least 4 members (excludes halogenated alkanes) is 29. The Kier molecular flexibility index (Phi) is 58.8. The van der Waals surface area contributed by atoms with Gasteiger partial charge in [-0.2, -0.15) is 0 Å². The summed E-state index contributed by atoms with van der Waals surface area (Å²) >= 11 is 0. The molecule has 0 amide bonds. The maximum atomic E-state index is 12.9. The second kappa shape index (κ2) is 61.9. The molecule has 0 heterocycles. The van der Waals surface area contributed by atoms with Crippen molar-refractivity contribution in [3.63, 3.8) is 0 Å². The first-order chi connectivity index (χ1) is 36.5. The highest BCUT2D eigenvalue weighted by Crippen LogP contribution is 2.15. The highest BCUT2D eigenvalue weighted by molar-refractivity contribution is 5.71. The standard InChI is InChI=1S/C68H116O6/c1-4-7-10-13-16-19-22-25-27-29-30-31-32-33-34-35-36-37-38-39-41-43-46-49-52-55-58-61-67(70)73-64-65(63-72-66(69)60-57-54-51-48-45-42-24-21-18-15-12-9-6-3)74-68(71)62-59-56-53-50-47-44-40-28-26-23-20-17-14-11-8-5-2/h7,10,16,19,21,24-25,27-28,30-31,33-34,36-37,40,65H,4-6,8-9,11-15,17-18,20,22-23,26,29,32,35,38-39,41-64H2,1-3H3/b10-7-,19-16-,24-21-,27-25-,31-30-,34-33-,37-36-,40-28-. The maximum absolute atomic E-state index is 12.9. The van der Waals surface area contributed by atoms with Crippen molar-refractivity contribution in [1.29, 1.82) is 0 Å². The molecule has 424 valence electrons. The number of hydrogen-bond donors (Lipinski definition) is 0. The quantitative estimate of drug-likeness (QED) is 0.0261. The SMILES string of the molecule is CC/C=C\C/C=C\C/C=C\C/C=C\C/C=C\C/C=C\CCCCCCCCCCC(=O)OCC(COC(=O)CCCCCCC/C=C\CCCCCC)OC(=O)CCCCCCC/C=C\CCCCCCCCC. The Balaban J connectivity index is 4.33. The van der Waals surface area contributed by atoms with Crippen LogP contribution in [0.25, 0.3) is 0 Å². The topological polar surface area (TPSA) is 78.9 Å². The number of rotatable bonds is 56. The van der Waals surface area contributed by atoms with E-state index in [1.165, 1.54) is 135 Å². The van der Waals surface area contributed by atoms with Gasteiger partial charge in [0.1, 0.15) is 13.2 Å². The molecule has 74 heavy (non-hydrogen) atoms. The molecule has 6 nitrogen and oxygen atoms in total. The average molecular weight is 1030 g/mol. The fourth-order valence-corrected chi connectivity index (χ4v) is 8.61. The number of esters is 3. The van der Waals surface area contributed by atoms with Crippen LogP contribution in [-0.4, -0.2) is 37.2 Å². The largest absolute Gasteiger partial charge is 0.462 e. The van der Waals surface area contributed by atoms with E-state index >= 15 is 0 Å². The van der Waals surface area contributed by atoms with Gasteiger partial charge in [-0.3, -0.25) is 14.4 Å². The van der Waals surface area contributed by atoms with Crippen LogP contribution in [-0.2, 0) is 28.6 Å². The van der Waals surface area contributed by atoms with Crippen LogP contribution >= 0.6 is 0 Å². The average Bonchev–Trinajstić information content (AvgIpc) is 3.40. The van der Waals surface area contributed by atoms with Crippen molar-refractivity contribution >= 4 is 17.9 Å². The third-order valence-electron chi connectivity index (χ3n) is 13.3. The molecule has 0 radical (unpaired) electrons. The summed E-state index contributed by atoms with van der Waals surface area (Å²) in [7, 11) is 0. The molecule has 0 spiro atoms. The van der Waals surface area contributed by atoms with Crippen molar-refractivity contribution in [1.82, 2.24) is 0 Å². The summed E-state index contributed by atoms with van der Waals surface area (Å²) in [5, 5.41) is 0. The van der Waals surface area contributed by atoms with E-state index in [1.807, 2.05) is 0 Å². The Bertz CT molecular complexity index is 1460. The molecule has 0 aromatic carbocycles. The van der Waals surface area contributed by atoms with Gasteiger partial charge in [0.2, 0.25) is 0 Å². The molecule has 0 N–H and O–H groups in total. The summed E-state index contributed by atoms with van der Waals surface area (Å²) in [6.45, 7) is 6.50. The smallest absolute Gasteiger partial charge is 0.306 e. The number of hydrogen-bond acceptors (Lipinski definition) is 6. The first-order valence-electron chi connectivity index (χ1n) is 31.2. The van der Waals surface area contributed by atoms with Gasteiger partial charge in [-0.1, -0.05) is 253 Å². The number of carbonyl (C=O) groups is 3. The van der Waals surface area contributed by atoms with Crippen molar-refractivity contribution in [3.05, 3.63) is 97.2 Å². The molecule has 1 unspecified atom stereocenters. The molecule has 0 aliphatic rings.